The number of aryl methyl sites for hydroxylation is 1. The molecule has 1 amide bonds. The first-order chi connectivity index (χ1) is 10.1. The Morgan fingerprint density at radius 1 is 1.10 bits per heavy atom. The van der Waals surface area contributed by atoms with Crippen molar-refractivity contribution in [3.63, 3.8) is 0 Å². The van der Waals surface area contributed by atoms with Gasteiger partial charge in [-0.1, -0.05) is 6.07 Å². The van der Waals surface area contributed by atoms with E-state index in [-0.39, 0.29) is 11.7 Å². The van der Waals surface area contributed by atoms with Crippen LogP contribution in [-0.4, -0.2) is 10.9 Å². The second-order valence-electron chi connectivity index (χ2n) is 4.79. The molecule has 0 fully saturated rings. The number of hydrogen-bond acceptors (Lipinski definition) is 2. The van der Waals surface area contributed by atoms with E-state index in [4.69, 9.17) is 0 Å². The van der Waals surface area contributed by atoms with E-state index in [2.05, 4.69) is 10.3 Å². The zero-order valence-corrected chi connectivity index (χ0v) is 11.4. The van der Waals surface area contributed by atoms with Gasteiger partial charge < -0.3 is 5.32 Å². The molecule has 104 valence electrons. The normalized spacial score (nSPS) is 10.6. The third kappa shape index (κ3) is 2.60. The van der Waals surface area contributed by atoms with Crippen LogP contribution in [-0.2, 0) is 0 Å². The van der Waals surface area contributed by atoms with Crippen molar-refractivity contribution >= 4 is 22.5 Å². The summed E-state index contributed by atoms with van der Waals surface area (Å²) in [5.41, 5.74) is 3.01. The lowest BCUT2D eigenvalue weighted by molar-refractivity contribution is 0.102. The van der Waals surface area contributed by atoms with Crippen LogP contribution in [0.2, 0.25) is 0 Å². The molecule has 3 nitrogen and oxygen atoms in total. The summed E-state index contributed by atoms with van der Waals surface area (Å²) in [5.74, 6) is -0.638. The van der Waals surface area contributed by atoms with E-state index in [9.17, 15) is 9.18 Å². The van der Waals surface area contributed by atoms with Gasteiger partial charge in [0.2, 0.25) is 0 Å². The van der Waals surface area contributed by atoms with E-state index in [1.54, 1.807) is 6.20 Å². The molecule has 0 aliphatic carbocycles. The van der Waals surface area contributed by atoms with E-state index in [0.29, 0.717) is 11.3 Å². The van der Waals surface area contributed by atoms with Gasteiger partial charge in [-0.05, 0) is 55.0 Å². The van der Waals surface area contributed by atoms with Gasteiger partial charge in [0, 0.05) is 17.1 Å². The molecule has 0 unspecified atom stereocenters. The third-order valence-electron chi connectivity index (χ3n) is 3.33. The largest absolute Gasteiger partial charge is 0.321 e. The van der Waals surface area contributed by atoms with Gasteiger partial charge in [0.25, 0.3) is 5.91 Å². The summed E-state index contributed by atoms with van der Waals surface area (Å²) < 4.78 is 12.9. The highest BCUT2D eigenvalue weighted by Crippen LogP contribution is 2.25. The van der Waals surface area contributed by atoms with Crippen LogP contribution in [0.4, 0.5) is 10.1 Å². The number of nitrogens with zero attached hydrogens (tertiary/aromatic N) is 1. The predicted octanol–water partition coefficient (Wildman–Crippen LogP) is 3.93. The Morgan fingerprint density at radius 2 is 1.86 bits per heavy atom. The smallest absolute Gasteiger partial charge is 0.255 e. The Labute approximate surface area is 121 Å². The summed E-state index contributed by atoms with van der Waals surface area (Å²) in [6.45, 7) is 1.97. The lowest BCUT2D eigenvalue weighted by atomic mass is 10.1. The van der Waals surface area contributed by atoms with Gasteiger partial charge in [-0.25, -0.2) is 4.39 Å². The SMILES string of the molecule is Cc1ccc(NC(=O)c2ccc(F)cc2)c2cccnc12. The van der Waals surface area contributed by atoms with Crippen LogP contribution in [0, 0.1) is 12.7 Å². The van der Waals surface area contributed by atoms with Gasteiger partial charge in [0.1, 0.15) is 5.82 Å². The number of pyridine rings is 1. The van der Waals surface area contributed by atoms with E-state index < -0.39 is 0 Å². The van der Waals surface area contributed by atoms with Crippen molar-refractivity contribution in [2.45, 2.75) is 6.92 Å². The second-order valence-corrected chi connectivity index (χ2v) is 4.79. The molecule has 3 rings (SSSR count). The number of amides is 1. The van der Waals surface area contributed by atoms with Crippen molar-refractivity contribution in [3.05, 3.63) is 71.7 Å². The van der Waals surface area contributed by atoms with Crippen LogP contribution >= 0.6 is 0 Å². The minimum Gasteiger partial charge on any atom is -0.321 e. The molecule has 0 aliphatic rings. The quantitative estimate of drug-likeness (QED) is 0.772. The molecule has 1 aromatic heterocycles. The lowest BCUT2D eigenvalue weighted by Crippen LogP contribution is -2.12. The van der Waals surface area contributed by atoms with Crippen molar-refractivity contribution in [1.29, 1.82) is 0 Å². The van der Waals surface area contributed by atoms with Crippen LogP contribution < -0.4 is 5.32 Å². The van der Waals surface area contributed by atoms with Gasteiger partial charge in [-0.15, -0.1) is 0 Å². The van der Waals surface area contributed by atoms with Crippen LogP contribution in [0.15, 0.2) is 54.7 Å². The van der Waals surface area contributed by atoms with Gasteiger partial charge in [-0.2, -0.15) is 0 Å². The Kier molecular flexibility index (Phi) is 3.36. The number of carbonyl (C=O) groups is 1. The first kappa shape index (κ1) is 13.2. The minimum absolute atomic E-state index is 0.274. The van der Waals surface area contributed by atoms with Crippen LogP contribution in [0.3, 0.4) is 0 Å². The summed E-state index contributed by atoms with van der Waals surface area (Å²) in [6.07, 6.45) is 1.72. The zero-order chi connectivity index (χ0) is 14.8. The Hall–Kier alpha value is -2.75. The lowest BCUT2D eigenvalue weighted by Gasteiger charge is -2.10. The molecule has 0 spiro atoms. The van der Waals surface area contributed by atoms with E-state index >= 15 is 0 Å². The maximum atomic E-state index is 12.9. The number of benzene rings is 2. The summed E-state index contributed by atoms with van der Waals surface area (Å²) >= 11 is 0. The third-order valence-corrected chi connectivity index (χ3v) is 3.33. The van der Waals surface area contributed by atoms with Gasteiger partial charge in [0.05, 0.1) is 11.2 Å². The molecule has 0 bridgehead atoms. The molecule has 2 aromatic carbocycles. The van der Waals surface area contributed by atoms with Crippen molar-refractivity contribution < 1.29 is 9.18 Å². The molecular formula is C17H13FN2O. The Morgan fingerprint density at radius 3 is 2.62 bits per heavy atom. The first-order valence-electron chi connectivity index (χ1n) is 6.56. The molecule has 0 saturated carbocycles. The molecule has 3 aromatic rings. The van der Waals surface area contributed by atoms with Crippen molar-refractivity contribution in [1.82, 2.24) is 4.98 Å². The molecule has 21 heavy (non-hydrogen) atoms. The maximum absolute atomic E-state index is 12.9. The van der Waals surface area contributed by atoms with E-state index in [1.165, 1.54) is 24.3 Å². The van der Waals surface area contributed by atoms with Crippen LogP contribution in [0.1, 0.15) is 15.9 Å². The Bertz CT molecular complexity index is 813. The minimum atomic E-state index is -0.364. The summed E-state index contributed by atoms with van der Waals surface area (Å²) in [4.78, 5) is 16.5. The van der Waals surface area contributed by atoms with Crippen LogP contribution in [0.5, 0.6) is 0 Å². The fourth-order valence-corrected chi connectivity index (χ4v) is 2.22. The number of hydrogen-bond donors (Lipinski definition) is 1. The number of fused-ring (bicyclic) bond motifs is 1. The Balaban J connectivity index is 1.97. The molecule has 0 radical (unpaired) electrons. The molecule has 1 N–H and O–H groups in total. The fourth-order valence-electron chi connectivity index (χ4n) is 2.22. The average molecular weight is 280 g/mol. The zero-order valence-electron chi connectivity index (χ0n) is 11.4. The average Bonchev–Trinajstić information content (AvgIpc) is 2.51. The van der Waals surface area contributed by atoms with Gasteiger partial charge in [-0.3, -0.25) is 9.78 Å². The predicted molar refractivity (Wildman–Crippen MR) is 80.8 cm³/mol. The summed E-state index contributed by atoms with van der Waals surface area (Å²) in [7, 11) is 0. The van der Waals surface area contributed by atoms with E-state index in [1.807, 2.05) is 31.2 Å². The summed E-state index contributed by atoms with van der Waals surface area (Å²) in [5, 5.41) is 3.73. The van der Waals surface area contributed by atoms with Crippen molar-refractivity contribution in [2.75, 3.05) is 5.32 Å². The number of halogens is 1. The molecule has 1 heterocycles. The number of nitrogens with one attached hydrogen (secondary N) is 1. The molecular weight excluding hydrogens is 267 g/mol. The van der Waals surface area contributed by atoms with Gasteiger partial charge >= 0.3 is 0 Å². The molecule has 0 saturated heterocycles. The maximum Gasteiger partial charge on any atom is 0.255 e. The second kappa shape index (κ2) is 5.32. The number of carbonyl (C=O) groups excluding carboxylic acids is 1. The highest BCUT2D eigenvalue weighted by Gasteiger charge is 2.09. The highest BCUT2D eigenvalue weighted by atomic mass is 19.1. The number of rotatable bonds is 2. The van der Waals surface area contributed by atoms with Crippen LogP contribution in [0.25, 0.3) is 10.9 Å². The number of aromatic nitrogens is 1. The molecule has 0 aliphatic heterocycles. The fraction of sp³-hybridized carbons (Fsp3) is 0.0588. The number of anilines is 1. The first-order valence-corrected chi connectivity index (χ1v) is 6.56. The van der Waals surface area contributed by atoms with Crippen molar-refractivity contribution in [3.8, 4) is 0 Å². The van der Waals surface area contributed by atoms with Gasteiger partial charge in [0.15, 0.2) is 0 Å². The van der Waals surface area contributed by atoms with Crippen molar-refractivity contribution in [2.24, 2.45) is 0 Å². The summed E-state index contributed by atoms with van der Waals surface area (Å²) in [6, 6.07) is 13.0. The molecule has 4 heteroatoms. The highest BCUT2D eigenvalue weighted by molar-refractivity contribution is 6.09. The standard InChI is InChI=1S/C17H13FN2O/c1-11-4-9-15(14-3-2-10-19-16(11)14)20-17(21)12-5-7-13(18)8-6-12/h2-10H,1H3,(H,20,21). The molecule has 0 atom stereocenters. The monoisotopic (exact) mass is 280 g/mol. The van der Waals surface area contributed by atoms with E-state index in [0.717, 1.165) is 16.5 Å². The topological polar surface area (TPSA) is 42.0 Å².